The van der Waals surface area contributed by atoms with E-state index >= 15 is 0 Å². The van der Waals surface area contributed by atoms with Crippen molar-refractivity contribution < 1.29 is 27.4 Å². The minimum atomic E-state index is -1.91. The van der Waals surface area contributed by atoms with Crippen molar-refractivity contribution in [1.29, 1.82) is 0 Å². The molecule has 316 valence electrons. The van der Waals surface area contributed by atoms with Crippen LogP contribution in [0.3, 0.4) is 0 Å². The highest BCUT2D eigenvalue weighted by Gasteiger charge is 2.52. The summed E-state index contributed by atoms with van der Waals surface area (Å²) >= 11 is 0. The van der Waals surface area contributed by atoms with Crippen molar-refractivity contribution in [1.82, 2.24) is 0 Å². The molecule has 6 nitrogen and oxygen atoms in total. The maximum absolute atomic E-state index is 7.16. The van der Waals surface area contributed by atoms with Gasteiger partial charge in [-0.25, -0.2) is 0 Å². The molecule has 0 aromatic heterocycles. The van der Waals surface area contributed by atoms with Gasteiger partial charge in [0, 0.05) is 11.1 Å². The summed E-state index contributed by atoms with van der Waals surface area (Å²) in [7, 11) is -1.97. The molecule has 2 atom stereocenters. The Hall–Kier alpha value is -4.38. The van der Waals surface area contributed by atoms with E-state index in [1.807, 2.05) is 0 Å². The Labute approximate surface area is 365 Å². The largest absolute Gasteiger partial charge is 0.463 e. The molecule has 2 aliphatic heterocycles. The van der Waals surface area contributed by atoms with E-state index in [1.54, 1.807) is 0 Å². The van der Waals surface area contributed by atoms with Crippen LogP contribution in [0.15, 0.2) is 133 Å². The molecular formula is C53H58O6P2. The second kappa shape index (κ2) is 18.9. The average Bonchev–Trinajstić information content (AvgIpc) is 3.28. The highest BCUT2D eigenvalue weighted by atomic mass is 31.2. The summed E-state index contributed by atoms with van der Waals surface area (Å²) in [6.07, 6.45) is -0.792. The van der Waals surface area contributed by atoms with E-state index < -0.39 is 20.3 Å². The predicted molar refractivity (Wildman–Crippen MR) is 253 cm³/mol. The molecule has 1 spiro atoms. The van der Waals surface area contributed by atoms with Crippen molar-refractivity contribution in [3.8, 4) is 56.0 Å². The Bertz CT molecular complexity index is 2450. The van der Waals surface area contributed by atoms with E-state index in [-0.39, 0.29) is 15.6 Å². The summed E-state index contributed by atoms with van der Waals surface area (Å²) in [6.45, 7) is 18.9. The van der Waals surface area contributed by atoms with Gasteiger partial charge in [0.15, 0.2) is 9.03 Å². The van der Waals surface area contributed by atoms with Crippen LogP contribution in [0, 0.1) is 5.41 Å². The topological polar surface area (TPSA) is 55.4 Å². The van der Waals surface area contributed by atoms with Crippen molar-refractivity contribution in [2.24, 2.45) is 5.41 Å². The number of hydrogen-bond donors (Lipinski definition) is 0. The molecular weight excluding hydrogens is 795 g/mol. The monoisotopic (exact) mass is 852 g/mol. The number of ether oxygens (including phenoxy) is 1. The first-order valence-electron chi connectivity index (χ1n) is 21.6. The zero-order chi connectivity index (χ0) is 42.7. The molecule has 8 rings (SSSR count). The Morgan fingerprint density at radius 3 is 1.38 bits per heavy atom. The molecule has 6 aromatic carbocycles. The fourth-order valence-electron chi connectivity index (χ4n) is 8.53. The van der Waals surface area contributed by atoms with Crippen LogP contribution < -0.4 is 9.26 Å². The lowest BCUT2D eigenvalue weighted by atomic mass is 9.88. The average molecular weight is 853 g/mol. The Kier molecular flexibility index (Phi) is 13.4. The van der Waals surface area contributed by atoms with E-state index in [9.17, 15) is 0 Å². The van der Waals surface area contributed by atoms with Crippen LogP contribution in [-0.4, -0.2) is 26.1 Å². The van der Waals surface area contributed by atoms with E-state index in [0.717, 1.165) is 33.4 Å². The first-order valence-corrected chi connectivity index (χ1v) is 23.5. The summed E-state index contributed by atoms with van der Waals surface area (Å²) in [5.41, 5.74) is 13.3. The molecule has 0 bridgehead atoms. The smallest absolute Gasteiger partial charge is 0.400 e. The van der Waals surface area contributed by atoms with Crippen LogP contribution in [0.5, 0.6) is 11.5 Å². The second-order valence-electron chi connectivity index (χ2n) is 17.6. The van der Waals surface area contributed by atoms with Crippen molar-refractivity contribution in [2.45, 2.75) is 85.4 Å². The van der Waals surface area contributed by atoms with Gasteiger partial charge in [0.2, 0.25) is 6.29 Å². The number of benzene rings is 6. The molecule has 0 N–H and O–H groups in total. The SMILES string of the molecule is CC(C)c1ccccc1-c1ccc(OC2OP(Oc3ccc(-c4ccccc4C(C)C)cc3-c3ccccc3C(C)C)OCC23COPOC3)c(-c2ccccc2C(C)C)c1. The van der Waals surface area contributed by atoms with Crippen LogP contribution >= 0.6 is 17.6 Å². The van der Waals surface area contributed by atoms with Gasteiger partial charge in [-0.2, -0.15) is 0 Å². The summed E-state index contributed by atoms with van der Waals surface area (Å²) in [6, 6.07) is 47.5. The van der Waals surface area contributed by atoms with E-state index in [1.165, 1.54) is 33.4 Å². The maximum Gasteiger partial charge on any atom is 0.400 e. The first kappa shape index (κ1) is 43.3. The molecule has 2 fully saturated rings. The summed E-state index contributed by atoms with van der Waals surface area (Å²) in [5, 5.41) is 0. The van der Waals surface area contributed by atoms with Gasteiger partial charge in [-0.3, -0.25) is 4.52 Å². The summed E-state index contributed by atoms with van der Waals surface area (Å²) in [5.74, 6) is 2.74. The highest BCUT2D eigenvalue weighted by Crippen LogP contribution is 2.55. The molecule has 2 unspecified atom stereocenters. The minimum Gasteiger partial charge on any atom is -0.463 e. The Morgan fingerprint density at radius 1 is 0.492 bits per heavy atom. The van der Waals surface area contributed by atoms with Crippen LogP contribution in [0.2, 0.25) is 0 Å². The minimum absolute atomic E-state index is 0.0518. The lowest BCUT2D eigenvalue weighted by Crippen LogP contribution is -2.53. The molecule has 2 aliphatic rings. The quantitative estimate of drug-likeness (QED) is 0.114. The van der Waals surface area contributed by atoms with E-state index in [0.29, 0.717) is 48.4 Å². The van der Waals surface area contributed by atoms with Crippen molar-refractivity contribution in [3.05, 3.63) is 156 Å². The van der Waals surface area contributed by atoms with Crippen molar-refractivity contribution in [3.63, 3.8) is 0 Å². The second-order valence-corrected chi connectivity index (χ2v) is 19.4. The molecule has 6 aromatic rings. The van der Waals surface area contributed by atoms with Gasteiger partial charge in [-0.05, 0) is 104 Å². The fourth-order valence-corrected chi connectivity index (χ4v) is 10.6. The summed E-state index contributed by atoms with van der Waals surface area (Å²) in [4.78, 5) is 0. The third kappa shape index (κ3) is 9.23. The van der Waals surface area contributed by atoms with Crippen molar-refractivity contribution >= 4 is 17.6 Å². The Balaban J connectivity index is 1.19. The number of rotatable bonds is 12. The Morgan fingerprint density at radius 2 is 0.902 bits per heavy atom. The third-order valence-corrected chi connectivity index (χ3v) is 13.4. The molecule has 0 aliphatic carbocycles. The number of hydrogen-bond acceptors (Lipinski definition) is 6. The fraction of sp³-hybridized carbons (Fsp3) is 0.321. The molecule has 8 heteroatoms. The molecule has 61 heavy (non-hydrogen) atoms. The van der Waals surface area contributed by atoms with Gasteiger partial charge in [0.05, 0.1) is 19.8 Å². The molecule has 2 heterocycles. The van der Waals surface area contributed by atoms with Gasteiger partial charge >= 0.3 is 8.60 Å². The predicted octanol–water partition coefficient (Wildman–Crippen LogP) is 15.4. The van der Waals surface area contributed by atoms with E-state index in [2.05, 4.69) is 189 Å². The lowest BCUT2D eigenvalue weighted by Gasteiger charge is -2.45. The normalized spacial score (nSPS) is 19.7. The van der Waals surface area contributed by atoms with Gasteiger partial charge in [0.1, 0.15) is 16.9 Å². The third-order valence-electron chi connectivity index (χ3n) is 11.9. The molecule has 0 amide bonds. The van der Waals surface area contributed by atoms with Crippen LogP contribution in [0.1, 0.15) is 101 Å². The lowest BCUT2D eigenvalue weighted by molar-refractivity contribution is -0.180. The van der Waals surface area contributed by atoms with E-state index in [4.69, 9.17) is 27.4 Å². The maximum atomic E-state index is 7.16. The highest BCUT2D eigenvalue weighted by molar-refractivity contribution is 7.42. The van der Waals surface area contributed by atoms with Gasteiger partial charge in [-0.15, -0.1) is 0 Å². The van der Waals surface area contributed by atoms with Gasteiger partial charge in [-0.1, -0.05) is 165 Å². The zero-order valence-electron chi connectivity index (χ0n) is 36.6. The first-order chi connectivity index (χ1) is 29.5. The molecule has 2 saturated heterocycles. The summed E-state index contributed by atoms with van der Waals surface area (Å²) < 4.78 is 39.5. The molecule has 0 radical (unpaired) electrons. The van der Waals surface area contributed by atoms with Crippen LogP contribution in [-0.2, 0) is 18.1 Å². The van der Waals surface area contributed by atoms with Gasteiger partial charge < -0.3 is 22.8 Å². The molecule has 0 saturated carbocycles. The van der Waals surface area contributed by atoms with Crippen LogP contribution in [0.4, 0.5) is 0 Å². The standard InChI is InChI=1S/C53H58O6P2/c1-34(2)40-17-9-13-21-44(40)38-25-27-50(48(29-38)46-23-15-11-19-42(46)36(5)6)57-52-53(31-54-60-55-32-53)33-56-61(59-52)58-51-28-26-39(45-22-14-10-18-41(45)35(3)4)30-49(51)47-24-16-12-20-43(47)37(7)8/h9-30,34-37,52,60H,31-33H2,1-8H3. The zero-order valence-corrected chi connectivity index (χ0v) is 38.5. The van der Waals surface area contributed by atoms with Crippen LogP contribution in [0.25, 0.3) is 44.5 Å². The van der Waals surface area contributed by atoms with Gasteiger partial charge in [0.25, 0.3) is 0 Å². The van der Waals surface area contributed by atoms with Crippen molar-refractivity contribution in [2.75, 3.05) is 19.8 Å².